The number of aliphatic hydroxyl groups is 1. The van der Waals surface area contributed by atoms with Gasteiger partial charge in [0, 0.05) is 32.1 Å². The van der Waals surface area contributed by atoms with Gasteiger partial charge < -0.3 is 15.7 Å². The lowest BCUT2D eigenvalue weighted by molar-refractivity contribution is 0.0569. The van der Waals surface area contributed by atoms with Gasteiger partial charge in [0.25, 0.3) is 0 Å². The van der Waals surface area contributed by atoms with E-state index in [1.165, 1.54) is 0 Å². The fourth-order valence-electron chi connectivity index (χ4n) is 3.04. The minimum atomic E-state index is -0.959. The normalized spacial score (nSPS) is 19.4. The molecule has 1 fully saturated rings. The van der Waals surface area contributed by atoms with E-state index in [1.54, 1.807) is 0 Å². The van der Waals surface area contributed by atoms with Crippen LogP contribution in [0.4, 0.5) is 0 Å². The zero-order chi connectivity index (χ0) is 14.5. The third kappa shape index (κ3) is 3.16. The van der Waals surface area contributed by atoms with Crippen molar-refractivity contribution in [1.82, 2.24) is 10.6 Å². The average Bonchev–Trinajstić information content (AvgIpc) is 2.57. The van der Waals surface area contributed by atoms with Gasteiger partial charge in [-0.25, -0.2) is 0 Å². The molecule has 1 atom stereocenters. The van der Waals surface area contributed by atoms with Crippen molar-refractivity contribution >= 4 is 0 Å². The molecule has 1 saturated heterocycles. The van der Waals surface area contributed by atoms with E-state index in [0.717, 1.165) is 30.8 Å². The van der Waals surface area contributed by atoms with E-state index >= 15 is 0 Å². The Labute approximate surface area is 126 Å². The molecule has 1 aliphatic rings. The summed E-state index contributed by atoms with van der Waals surface area (Å²) in [4.78, 5) is 0. The van der Waals surface area contributed by atoms with E-state index < -0.39 is 5.60 Å². The second-order valence-corrected chi connectivity index (χ2v) is 5.65. The molecule has 0 saturated carbocycles. The first kappa shape index (κ1) is 14.3. The Bertz CT molecular complexity index is 510. The minimum Gasteiger partial charge on any atom is -0.380 e. The lowest BCUT2D eigenvalue weighted by Crippen LogP contribution is -2.51. The Morgan fingerprint density at radius 3 is 1.95 bits per heavy atom. The highest BCUT2D eigenvalue weighted by Crippen LogP contribution is 2.34. The van der Waals surface area contributed by atoms with Gasteiger partial charge in [0.2, 0.25) is 0 Å². The Morgan fingerprint density at radius 1 is 0.905 bits per heavy atom. The van der Waals surface area contributed by atoms with Gasteiger partial charge in [-0.1, -0.05) is 60.7 Å². The molecule has 3 nitrogen and oxygen atoms in total. The molecule has 2 aromatic carbocycles. The molecule has 3 rings (SSSR count). The van der Waals surface area contributed by atoms with Crippen LogP contribution >= 0.6 is 0 Å². The van der Waals surface area contributed by atoms with E-state index in [1.807, 2.05) is 60.7 Å². The van der Waals surface area contributed by atoms with Gasteiger partial charge in [-0.2, -0.15) is 0 Å². The minimum absolute atomic E-state index is 0.268. The van der Waals surface area contributed by atoms with Crippen LogP contribution in [0.1, 0.15) is 17.5 Å². The van der Waals surface area contributed by atoms with E-state index in [0.29, 0.717) is 6.42 Å². The largest absolute Gasteiger partial charge is 0.380 e. The topological polar surface area (TPSA) is 44.3 Å². The molecular weight excluding hydrogens is 260 g/mol. The number of hydrogen-bond acceptors (Lipinski definition) is 3. The van der Waals surface area contributed by atoms with Crippen molar-refractivity contribution < 1.29 is 5.11 Å². The summed E-state index contributed by atoms with van der Waals surface area (Å²) in [5, 5.41) is 18.3. The first-order chi connectivity index (χ1) is 10.3. The van der Waals surface area contributed by atoms with Crippen LogP contribution in [0.2, 0.25) is 0 Å². The van der Waals surface area contributed by atoms with E-state index in [-0.39, 0.29) is 6.04 Å². The summed E-state index contributed by atoms with van der Waals surface area (Å²) in [6.45, 7) is 2.83. The van der Waals surface area contributed by atoms with Gasteiger partial charge in [0.05, 0.1) is 0 Å². The van der Waals surface area contributed by atoms with E-state index in [4.69, 9.17) is 0 Å². The Balaban J connectivity index is 1.94. The molecule has 0 unspecified atom stereocenters. The standard InChI is InChI=1S/C18H22N2O/c21-18(15-7-3-1-4-8-15,16-9-5-2-6-10-16)13-17-14-19-11-12-20-17/h1-10,17,19-21H,11-14H2/t17-/m1/s1. The van der Waals surface area contributed by atoms with Crippen molar-refractivity contribution in [1.29, 1.82) is 0 Å². The predicted octanol–water partition coefficient (Wildman–Crippen LogP) is 1.87. The lowest BCUT2D eigenvalue weighted by atomic mass is 9.81. The SMILES string of the molecule is OC(C[C@@H]1CNCCN1)(c1ccccc1)c1ccccc1. The summed E-state index contributed by atoms with van der Waals surface area (Å²) < 4.78 is 0. The molecule has 0 bridgehead atoms. The molecule has 0 aromatic heterocycles. The summed E-state index contributed by atoms with van der Waals surface area (Å²) in [7, 11) is 0. The van der Waals surface area contributed by atoms with Crippen molar-refractivity contribution in [2.75, 3.05) is 19.6 Å². The molecule has 1 heterocycles. The fourth-order valence-corrected chi connectivity index (χ4v) is 3.04. The third-order valence-electron chi connectivity index (χ3n) is 4.17. The van der Waals surface area contributed by atoms with Crippen LogP contribution in [-0.2, 0) is 5.60 Å². The number of benzene rings is 2. The smallest absolute Gasteiger partial charge is 0.116 e. The van der Waals surface area contributed by atoms with Crippen LogP contribution in [0.15, 0.2) is 60.7 Å². The number of rotatable bonds is 4. The number of piperazine rings is 1. The van der Waals surface area contributed by atoms with E-state index in [2.05, 4.69) is 10.6 Å². The van der Waals surface area contributed by atoms with Crippen LogP contribution in [0, 0.1) is 0 Å². The molecule has 3 heteroatoms. The van der Waals surface area contributed by atoms with E-state index in [9.17, 15) is 5.11 Å². The van der Waals surface area contributed by atoms with Crippen LogP contribution < -0.4 is 10.6 Å². The van der Waals surface area contributed by atoms with Crippen LogP contribution in [0.25, 0.3) is 0 Å². The van der Waals surface area contributed by atoms with Crippen LogP contribution in [-0.4, -0.2) is 30.8 Å². The maximum Gasteiger partial charge on any atom is 0.116 e. The quantitative estimate of drug-likeness (QED) is 0.802. The van der Waals surface area contributed by atoms with Gasteiger partial charge in [-0.05, 0) is 11.1 Å². The summed E-state index contributed by atoms with van der Waals surface area (Å²) in [5.74, 6) is 0. The second-order valence-electron chi connectivity index (χ2n) is 5.65. The van der Waals surface area contributed by atoms with Crippen LogP contribution in [0.5, 0.6) is 0 Å². The predicted molar refractivity (Wildman–Crippen MR) is 85.2 cm³/mol. The molecule has 0 spiro atoms. The Morgan fingerprint density at radius 2 is 1.48 bits per heavy atom. The molecule has 0 aliphatic carbocycles. The zero-order valence-corrected chi connectivity index (χ0v) is 12.1. The fraction of sp³-hybridized carbons (Fsp3) is 0.333. The van der Waals surface area contributed by atoms with Gasteiger partial charge in [0.15, 0.2) is 0 Å². The summed E-state index contributed by atoms with van der Waals surface area (Å²) >= 11 is 0. The molecule has 0 radical (unpaired) electrons. The number of hydrogen-bond donors (Lipinski definition) is 3. The molecule has 110 valence electrons. The molecule has 0 amide bonds. The van der Waals surface area contributed by atoms with Gasteiger partial charge in [-0.3, -0.25) is 0 Å². The highest BCUT2D eigenvalue weighted by atomic mass is 16.3. The Kier molecular flexibility index (Phi) is 4.34. The highest BCUT2D eigenvalue weighted by molar-refractivity contribution is 5.36. The van der Waals surface area contributed by atoms with Crippen molar-refractivity contribution in [3.63, 3.8) is 0 Å². The highest BCUT2D eigenvalue weighted by Gasteiger charge is 2.34. The molecule has 2 aromatic rings. The maximum atomic E-state index is 11.4. The first-order valence-electron chi connectivity index (χ1n) is 7.56. The zero-order valence-electron chi connectivity index (χ0n) is 12.1. The van der Waals surface area contributed by atoms with Crippen LogP contribution in [0.3, 0.4) is 0 Å². The summed E-state index contributed by atoms with van der Waals surface area (Å²) in [6, 6.07) is 20.2. The second kappa shape index (κ2) is 6.39. The first-order valence-corrected chi connectivity index (χ1v) is 7.56. The van der Waals surface area contributed by atoms with Crippen molar-refractivity contribution in [2.45, 2.75) is 18.1 Å². The van der Waals surface area contributed by atoms with Gasteiger partial charge in [0.1, 0.15) is 5.60 Å². The molecular formula is C18H22N2O. The molecule has 3 N–H and O–H groups in total. The Hall–Kier alpha value is -1.68. The van der Waals surface area contributed by atoms with Crippen molar-refractivity contribution in [2.24, 2.45) is 0 Å². The molecule has 1 aliphatic heterocycles. The van der Waals surface area contributed by atoms with Crippen molar-refractivity contribution in [3.8, 4) is 0 Å². The maximum absolute atomic E-state index is 11.4. The van der Waals surface area contributed by atoms with Gasteiger partial charge in [-0.15, -0.1) is 0 Å². The lowest BCUT2D eigenvalue weighted by Gasteiger charge is -2.35. The summed E-state index contributed by atoms with van der Waals surface area (Å²) in [6.07, 6.45) is 0.661. The van der Waals surface area contributed by atoms with Gasteiger partial charge >= 0.3 is 0 Å². The number of nitrogens with one attached hydrogen (secondary N) is 2. The average molecular weight is 282 g/mol. The molecule has 21 heavy (non-hydrogen) atoms. The monoisotopic (exact) mass is 282 g/mol. The van der Waals surface area contributed by atoms with Crippen molar-refractivity contribution in [3.05, 3.63) is 71.8 Å². The third-order valence-corrected chi connectivity index (χ3v) is 4.17. The summed E-state index contributed by atoms with van der Waals surface area (Å²) in [5.41, 5.74) is 0.936.